The Hall–Kier alpha value is -3.72. The number of amides is 2. The van der Waals surface area contributed by atoms with Gasteiger partial charge >= 0.3 is 0 Å². The Morgan fingerprint density at radius 1 is 1.12 bits per heavy atom. The van der Waals surface area contributed by atoms with Crippen LogP contribution in [0.2, 0.25) is 0 Å². The first-order valence-corrected chi connectivity index (χ1v) is 9.79. The van der Waals surface area contributed by atoms with E-state index < -0.39 is 23.6 Å². The number of nitrogens with one attached hydrogen (secondary N) is 2. The number of hydrogen-bond acceptors (Lipinski definition) is 4. The van der Waals surface area contributed by atoms with Gasteiger partial charge in [-0.2, -0.15) is 0 Å². The summed E-state index contributed by atoms with van der Waals surface area (Å²) in [6, 6.07) is 10.8. The first kappa shape index (κ1) is 23.0. The summed E-state index contributed by atoms with van der Waals surface area (Å²) >= 11 is 0. The van der Waals surface area contributed by atoms with Crippen LogP contribution in [0, 0.1) is 11.6 Å². The van der Waals surface area contributed by atoms with Gasteiger partial charge in [-0.15, -0.1) is 0 Å². The maximum absolute atomic E-state index is 14.1. The monoisotopic (exact) mass is 443 g/mol. The van der Waals surface area contributed by atoms with Crippen LogP contribution in [0.1, 0.15) is 27.8 Å². The van der Waals surface area contributed by atoms with Crippen LogP contribution >= 0.6 is 0 Å². The van der Waals surface area contributed by atoms with Gasteiger partial charge in [0.25, 0.3) is 11.8 Å². The van der Waals surface area contributed by atoms with E-state index in [1.165, 1.54) is 11.0 Å². The largest absolute Gasteiger partial charge is 0.454 e. The molecule has 32 heavy (non-hydrogen) atoms. The second-order valence-corrected chi connectivity index (χ2v) is 7.47. The molecule has 1 atom stereocenters. The van der Waals surface area contributed by atoms with E-state index in [9.17, 15) is 23.5 Å². The van der Waals surface area contributed by atoms with E-state index in [0.717, 1.165) is 12.1 Å². The lowest BCUT2D eigenvalue weighted by molar-refractivity contribution is 0.0827. The zero-order valence-electron chi connectivity index (χ0n) is 17.8. The number of aromatic amines is 1. The van der Waals surface area contributed by atoms with E-state index in [-0.39, 0.29) is 35.2 Å². The Morgan fingerprint density at radius 3 is 2.53 bits per heavy atom. The van der Waals surface area contributed by atoms with E-state index in [1.807, 2.05) is 0 Å². The van der Waals surface area contributed by atoms with Crippen molar-refractivity contribution in [2.45, 2.75) is 13.0 Å². The Labute approximate surface area is 183 Å². The smallest absolute Gasteiger partial charge is 0.267 e. The van der Waals surface area contributed by atoms with Crippen molar-refractivity contribution in [1.29, 1.82) is 0 Å². The van der Waals surface area contributed by atoms with Crippen molar-refractivity contribution >= 4 is 11.8 Å². The van der Waals surface area contributed by atoms with Crippen LogP contribution in [-0.2, 0) is 0 Å². The third-order valence-electron chi connectivity index (χ3n) is 4.48. The highest BCUT2D eigenvalue weighted by Gasteiger charge is 2.16. The molecule has 0 fully saturated rings. The van der Waals surface area contributed by atoms with Crippen LogP contribution in [0.25, 0.3) is 11.3 Å². The summed E-state index contributed by atoms with van der Waals surface area (Å²) in [4.78, 5) is 29.1. The number of carbonyl (C=O) groups is 2. The van der Waals surface area contributed by atoms with Crippen molar-refractivity contribution in [3.8, 4) is 22.8 Å². The Bertz CT molecular complexity index is 1140. The summed E-state index contributed by atoms with van der Waals surface area (Å²) in [7, 11) is 3.18. The maximum atomic E-state index is 14.1. The SMILES string of the molecule is C[C@@H](O)CNC(=O)c1ccc(-c2cc(Oc3ccc(F)cc3F)cc(C(=O)N(C)C)c2)[nH]1. The van der Waals surface area contributed by atoms with Crippen molar-refractivity contribution in [2.24, 2.45) is 0 Å². The van der Waals surface area contributed by atoms with Gasteiger partial charge in [0, 0.05) is 43.5 Å². The zero-order chi connectivity index (χ0) is 23.4. The average molecular weight is 443 g/mol. The number of benzene rings is 2. The molecule has 0 aliphatic heterocycles. The third kappa shape index (κ3) is 5.50. The molecule has 2 aromatic carbocycles. The molecule has 3 rings (SSSR count). The molecular weight excluding hydrogens is 420 g/mol. The highest BCUT2D eigenvalue weighted by molar-refractivity contribution is 5.96. The number of ether oxygens (including phenoxy) is 1. The number of nitrogens with zero attached hydrogens (tertiary/aromatic N) is 1. The van der Waals surface area contributed by atoms with Gasteiger partial charge in [-0.25, -0.2) is 8.78 Å². The molecule has 0 bridgehead atoms. The fourth-order valence-electron chi connectivity index (χ4n) is 2.91. The van der Waals surface area contributed by atoms with Gasteiger partial charge in [0.2, 0.25) is 0 Å². The van der Waals surface area contributed by atoms with Crippen molar-refractivity contribution < 1.29 is 28.2 Å². The number of rotatable bonds is 7. The van der Waals surface area contributed by atoms with Crippen LogP contribution < -0.4 is 10.1 Å². The second kappa shape index (κ2) is 9.61. The lowest BCUT2D eigenvalue weighted by Crippen LogP contribution is -2.30. The van der Waals surface area contributed by atoms with Crippen LogP contribution in [-0.4, -0.2) is 53.5 Å². The van der Waals surface area contributed by atoms with Gasteiger partial charge in [0.15, 0.2) is 11.6 Å². The number of halogens is 2. The highest BCUT2D eigenvalue weighted by Crippen LogP contribution is 2.31. The number of aliphatic hydroxyl groups excluding tert-OH is 1. The Morgan fingerprint density at radius 2 is 1.88 bits per heavy atom. The predicted octanol–water partition coefficient (Wildman–Crippen LogP) is 3.56. The topological polar surface area (TPSA) is 94.7 Å². The van der Waals surface area contributed by atoms with E-state index >= 15 is 0 Å². The highest BCUT2D eigenvalue weighted by atomic mass is 19.1. The minimum atomic E-state index is -0.882. The normalized spacial score (nSPS) is 11.7. The quantitative estimate of drug-likeness (QED) is 0.520. The molecule has 3 aromatic rings. The van der Waals surface area contributed by atoms with E-state index in [4.69, 9.17) is 4.74 Å². The van der Waals surface area contributed by atoms with Gasteiger partial charge in [-0.1, -0.05) is 0 Å². The second-order valence-electron chi connectivity index (χ2n) is 7.47. The average Bonchev–Trinajstić information content (AvgIpc) is 3.23. The third-order valence-corrected chi connectivity index (χ3v) is 4.48. The molecule has 1 aromatic heterocycles. The zero-order valence-corrected chi connectivity index (χ0v) is 17.8. The molecule has 3 N–H and O–H groups in total. The van der Waals surface area contributed by atoms with Crippen molar-refractivity contribution in [1.82, 2.24) is 15.2 Å². The van der Waals surface area contributed by atoms with Gasteiger partial charge in [-0.3, -0.25) is 9.59 Å². The fourth-order valence-corrected chi connectivity index (χ4v) is 2.91. The lowest BCUT2D eigenvalue weighted by atomic mass is 10.1. The fraction of sp³-hybridized carbons (Fsp3) is 0.217. The first-order chi connectivity index (χ1) is 15.1. The summed E-state index contributed by atoms with van der Waals surface area (Å²) in [5, 5.41) is 11.9. The van der Waals surface area contributed by atoms with Crippen molar-refractivity contribution in [2.75, 3.05) is 20.6 Å². The molecule has 1 heterocycles. The molecule has 0 spiro atoms. The summed E-state index contributed by atoms with van der Waals surface area (Å²) in [6.45, 7) is 1.65. The molecular formula is C23H23F2N3O4. The molecule has 0 radical (unpaired) electrons. The van der Waals surface area contributed by atoms with Crippen molar-refractivity contribution in [3.63, 3.8) is 0 Å². The van der Waals surface area contributed by atoms with Crippen LogP contribution in [0.5, 0.6) is 11.5 Å². The first-order valence-electron chi connectivity index (χ1n) is 9.79. The molecule has 0 saturated heterocycles. The summed E-state index contributed by atoms with van der Waals surface area (Å²) in [6.07, 6.45) is -0.686. The number of hydrogen-bond donors (Lipinski definition) is 3. The number of aromatic nitrogens is 1. The van der Waals surface area contributed by atoms with Gasteiger partial charge in [0.1, 0.15) is 17.3 Å². The predicted molar refractivity (Wildman–Crippen MR) is 115 cm³/mol. The van der Waals surface area contributed by atoms with Crippen LogP contribution in [0.15, 0.2) is 48.5 Å². The lowest BCUT2D eigenvalue weighted by Gasteiger charge is -2.14. The van der Waals surface area contributed by atoms with Crippen LogP contribution in [0.4, 0.5) is 8.78 Å². The number of H-pyrrole nitrogens is 1. The molecule has 168 valence electrons. The molecule has 0 aliphatic rings. The Balaban J connectivity index is 1.96. The molecule has 0 saturated carbocycles. The Kier molecular flexibility index (Phi) is 6.89. The maximum Gasteiger partial charge on any atom is 0.267 e. The van der Waals surface area contributed by atoms with E-state index in [0.29, 0.717) is 17.3 Å². The van der Waals surface area contributed by atoms with Gasteiger partial charge in [0.05, 0.1) is 6.10 Å². The summed E-state index contributed by atoms with van der Waals surface area (Å²) in [5.41, 5.74) is 1.58. The van der Waals surface area contributed by atoms with Gasteiger partial charge < -0.3 is 25.0 Å². The van der Waals surface area contributed by atoms with E-state index in [1.54, 1.807) is 45.3 Å². The molecule has 7 nitrogen and oxygen atoms in total. The van der Waals surface area contributed by atoms with E-state index in [2.05, 4.69) is 10.3 Å². The van der Waals surface area contributed by atoms with Crippen LogP contribution in [0.3, 0.4) is 0 Å². The molecule has 0 aliphatic carbocycles. The molecule has 2 amide bonds. The molecule has 0 unspecified atom stereocenters. The minimum Gasteiger partial charge on any atom is -0.454 e. The number of carbonyl (C=O) groups excluding carboxylic acids is 2. The molecule has 9 heteroatoms. The van der Waals surface area contributed by atoms with Crippen molar-refractivity contribution in [3.05, 3.63) is 71.4 Å². The van der Waals surface area contributed by atoms with Gasteiger partial charge in [-0.05, 0) is 49.4 Å². The standard InChI is InChI=1S/C23H23F2N3O4/c1-13(29)12-26-22(30)20-6-5-19(27-20)14-8-15(23(31)28(2)3)10-17(9-14)32-21-7-4-16(24)11-18(21)25/h4-11,13,27,29H,12H2,1-3H3,(H,26,30)/t13-/m1/s1. The summed E-state index contributed by atoms with van der Waals surface area (Å²) in [5.74, 6) is -2.36. The minimum absolute atomic E-state index is 0.0984. The number of aliphatic hydroxyl groups is 1. The summed E-state index contributed by atoms with van der Waals surface area (Å²) < 4.78 is 32.8.